The molecule has 1 heterocycles. The number of halogens is 1. The topological polar surface area (TPSA) is 118 Å². The molecule has 178 valence electrons. The van der Waals surface area contributed by atoms with Gasteiger partial charge in [-0.05, 0) is 56.2 Å². The molecular weight excluding hydrogens is 461 g/mol. The molecule has 0 spiro atoms. The van der Waals surface area contributed by atoms with Gasteiger partial charge in [0.1, 0.15) is 11.4 Å². The zero-order valence-corrected chi connectivity index (χ0v) is 19.7. The first kappa shape index (κ1) is 24.8. The Balaban J connectivity index is 1.73. The van der Waals surface area contributed by atoms with E-state index in [1.165, 1.54) is 12.1 Å². The van der Waals surface area contributed by atoms with Crippen molar-refractivity contribution in [3.05, 3.63) is 69.8 Å². The third-order valence-electron chi connectivity index (χ3n) is 4.39. The van der Waals surface area contributed by atoms with Crippen molar-refractivity contribution < 1.29 is 28.6 Å². The lowest BCUT2D eigenvalue weighted by Gasteiger charge is -2.19. The number of carboxylic acids is 1. The van der Waals surface area contributed by atoms with Crippen LogP contribution in [-0.4, -0.2) is 33.7 Å². The number of anilines is 1. The summed E-state index contributed by atoms with van der Waals surface area (Å²) < 4.78 is 19.4. The standard InChI is InChI=1S/C24H24FN3O5S/c1-24(2,3)33-23(32)26-12-14-8-16(10-17(25)9-14)19-13-34-22(28-19)21(31)27-18-7-5-4-6-15(18)11-20(29)30/h4-10,13H,11-12H2,1-3H3,(H,26,32)(H,27,31)(H,29,30). The van der Waals surface area contributed by atoms with E-state index in [4.69, 9.17) is 9.84 Å². The number of hydrogen-bond acceptors (Lipinski definition) is 6. The van der Waals surface area contributed by atoms with E-state index < -0.39 is 29.4 Å². The molecule has 0 saturated carbocycles. The fraction of sp³-hybridized carbons (Fsp3) is 0.250. The van der Waals surface area contributed by atoms with Gasteiger partial charge in [0.15, 0.2) is 5.01 Å². The number of amides is 2. The van der Waals surface area contributed by atoms with E-state index in [0.717, 1.165) is 11.3 Å². The number of aliphatic carboxylic acids is 1. The van der Waals surface area contributed by atoms with Crippen LogP contribution in [0.1, 0.15) is 41.7 Å². The van der Waals surface area contributed by atoms with Gasteiger partial charge in [-0.1, -0.05) is 18.2 Å². The number of nitrogens with zero attached hydrogens (tertiary/aromatic N) is 1. The highest BCUT2D eigenvalue weighted by Crippen LogP contribution is 2.25. The van der Waals surface area contributed by atoms with E-state index in [9.17, 15) is 18.8 Å². The minimum Gasteiger partial charge on any atom is -0.481 e. The van der Waals surface area contributed by atoms with E-state index >= 15 is 0 Å². The predicted molar refractivity (Wildman–Crippen MR) is 126 cm³/mol. The summed E-state index contributed by atoms with van der Waals surface area (Å²) in [5.41, 5.74) is 1.54. The minimum absolute atomic E-state index is 0.0531. The van der Waals surface area contributed by atoms with Gasteiger partial charge in [0.2, 0.25) is 0 Å². The number of alkyl carbamates (subject to hydrolysis) is 1. The van der Waals surface area contributed by atoms with Crippen molar-refractivity contribution in [3.8, 4) is 11.3 Å². The average molecular weight is 486 g/mol. The molecule has 0 radical (unpaired) electrons. The van der Waals surface area contributed by atoms with Crippen molar-refractivity contribution in [2.24, 2.45) is 0 Å². The summed E-state index contributed by atoms with van der Waals surface area (Å²) in [7, 11) is 0. The highest BCUT2D eigenvalue weighted by Gasteiger charge is 2.17. The molecule has 3 N–H and O–H groups in total. The lowest BCUT2D eigenvalue weighted by Crippen LogP contribution is -2.32. The molecule has 0 saturated heterocycles. The molecule has 3 rings (SSSR count). The lowest BCUT2D eigenvalue weighted by atomic mass is 10.1. The number of carbonyl (C=O) groups is 3. The second-order valence-corrected chi connectivity index (χ2v) is 9.28. The highest BCUT2D eigenvalue weighted by molar-refractivity contribution is 7.12. The molecule has 0 bridgehead atoms. The first-order valence-electron chi connectivity index (χ1n) is 10.3. The molecule has 1 aromatic heterocycles. The number of nitrogens with one attached hydrogen (secondary N) is 2. The lowest BCUT2D eigenvalue weighted by molar-refractivity contribution is -0.136. The Hall–Kier alpha value is -3.79. The fourth-order valence-electron chi connectivity index (χ4n) is 3.03. The molecule has 0 unspecified atom stereocenters. The Labute approximate surface area is 199 Å². The van der Waals surface area contributed by atoms with E-state index in [2.05, 4.69) is 15.6 Å². The number of aromatic nitrogens is 1. The normalized spacial score (nSPS) is 11.1. The van der Waals surface area contributed by atoms with Gasteiger partial charge in [0.05, 0.1) is 12.1 Å². The second-order valence-electron chi connectivity index (χ2n) is 8.42. The maximum Gasteiger partial charge on any atom is 0.407 e. The summed E-state index contributed by atoms with van der Waals surface area (Å²) in [5.74, 6) is -2.03. The van der Waals surface area contributed by atoms with Gasteiger partial charge in [-0.2, -0.15) is 0 Å². The van der Waals surface area contributed by atoms with E-state index in [0.29, 0.717) is 28.1 Å². The Morgan fingerprint density at radius 1 is 1.15 bits per heavy atom. The summed E-state index contributed by atoms with van der Waals surface area (Å²) in [6.45, 7) is 5.28. The van der Waals surface area contributed by atoms with Crippen LogP contribution in [0.25, 0.3) is 11.3 Å². The van der Waals surface area contributed by atoms with Crippen molar-refractivity contribution in [2.75, 3.05) is 5.32 Å². The van der Waals surface area contributed by atoms with Crippen LogP contribution in [0.2, 0.25) is 0 Å². The quantitative estimate of drug-likeness (QED) is 0.440. The molecule has 3 aromatic rings. The third kappa shape index (κ3) is 7.11. The first-order valence-corrected chi connectivity index (χ1v) is 11.2. The van der Waals surface area contributed by atoms with E-state index in [-0.39, 0.29) is 18.0 Å². The Bertz CT molecular complexity index is 1220. The maximum absolute atomic E-state index is 14.2. The number of carboxylic acid groups (broad SMARTS) is 1. The van der Waals surface area contributed by atoms with Crippen LogP contribution in [0.3, 0.4) is 0 Å². The number of rotatable bonds is 7. The van der Waals surface area contributed by atoms with Crippen LogP contribution in [-0.2, 0) is 22.5 Å². The van der Waals surface area contributed by atoms with Gasteiger partial charge in [-0.15, -0.1) is 11.3 Å². The summed E-state index contributed by atoms with van der Waals surface area (Å²) in [4.78, 5) is 39.9. The Kier molecular flexibility index (Phi) is 7.62. The monoisotopic (exact) mass is 485 g/mol. The Morgan fingerprint density at radius 2 is 1.88 bits per heavy atom. The summed E-state index contributed by atoms with van der Waals surface area (Å²) in [6.07, 6.45) is -0.850. The van der Waals surface area contributed by atoms with Crippen molar-refractivity contribution in [3.63, 3.8) is 0 Å². The van der Waals surface area contributed by atoms with Crippen LogP contribution >= 0.6 is 11.3 Å². The van der Waals surface area contributed by atoms with Crippen molar-refractivity contribution in [2.45, 2.75) is 39.3 Å². The number of benzene rings is 2. The molecule has 34 heavy (non-hydrogen) atoms. The summed E-state index contributed by atoms with van der Waals surface area (Å²) in [5, 5.41) is 16.1. The van der Waals surface area contributed by atoms with E-state index in [1.54, 1.807) is 56.5 Å². The number of thiazole rings is 1. The van der Waals surface area contributed by atoms with Crippen molar-refractivity contribution in [1.29, 1.82) is 0 Å². The molecule has 0 aliphatic heterocycles. The molecule has 0 aliphatic rings. The molecule has 0 aliphatic carbocycles. The highest BCUT2D eigenvalue weighted by atomic mass is 32.1. The molecule has 0 fully saturated rings. The number of carbonyl (C=O) groups excluding carboxylic acids is 2. The molecule has 2 amide bonds. The van der Waals surface area contributed by atoms with Crippen LogP contribution < -0.4 is 10.6 Å². The van der Waals surface area contributed by atoms with Crippen molar-refractivity contribution >= 4 is 35.0 Å². The third-order valence-corrected chi connectivity index (χ3v) is 5.24. The zero-order chi connectivity index (χ0) is 24.9. The number of ether oxygens (including phenoxy) is 1. The van der Waals surface area contributed by atoms with E-state index in [1.807, 2.05) is 0 Å². The smallest absolute Gasteiger partial charge is 0.407 e. The van der Waals surface area contributed by atoms with Gasteiger partial charge in [-0.25, -0.2) is 14.2 Å². The molecular formula is C24H24FN3O5S. The summed E-state index contributed by atoms with van der Waals surface area (Å²) in [6, 6.07) is 10.9. The van der Waals surface area contributed by atoms with Gasteiger partial charge in [0, 0.05) is 23.2 Å². The first-order chi connectivity index (χ1) is 16.0. The average Bonchev–Trinajstić information content (AvgIpc) is 3.22. The second kappa shape index (κ2) is 10.4. The predicted octanol–water partition coefficient (Wildman–Crippen LogP) is 4.85. The molecule has 8 nitrogen and oxygen atoms in total. The van der Waals surface area contributed by atoms with Crippen LogP contribution in [0, 0.1) is 5.82 Å². The molecule has 0 atom stereocenters. The molecule has 2 aromatic carbocycles. The van der Waals surface area contributed by atoms with Gasteiger partial charge in [0.25, 0.3) is 5.91 Å². The number of hydrogen-bond donors (Lipinski definition) is 3. The fourth-order valence-corrected chi connectivity index (χ4v) is 3.76. The largest absolute Gasteiger partial charge is 0.481 e. The van der Waals surface area contributed by atoms with Crippen LogP contribution in [0.5, 0.6) is 0 Å². The van der Waals surface area contributed by atoms with Crippen LogP contribution in [0.15, 0.2) is 47.8 Å². The van der Waals surface area contributed by atoms with Gasteiger partial charge in [-0.3, -0.25) is 9.59 Å². The van der Waals surface area contributed by atoms with Gasteiger partial charge < -0.3 is 20.5 Å². The van der Waals surface area contributed by atoms with Crippen molar-refractivity contribution in [1.82, 2.24) is 10.3 Å². The van der Waals surface area contributed by atoms with Gasteiger partial charge >= 0.3 is 12.1 Å². The number of para-hydroxylation sites is 1. The maximum atomic E-state index is 14.2. The molecule has 10 heteroatoms. The SMILES string of the molecule is CC(C)(C)OC(=O)NCc1cc(F)cc(-c2csc(C(=O)Nc3ccccc3CC(=O)O)n2)c1. The minimum atomic E-state index is -1.01. The van der Waals surface area contributed by atoms with Crippen LogP contribution in [0.4, 0.5) is 14.9 Å². The summed E-state index contributed by atoms with van der Waals surface area (Å²) >= 11 is 1.08. The zero-order valence-electron chi connectivity index (χ0n) is 18.8. The Morgan fingerprint density at radius 3 is 2.59 bits per heavy atom.